The number of carbonyl (C=O) groups excluding carboxylic acids is 2. The van der Waals surface area contributed by atoms with Crippen molar-refractivity contribution in [2.24, 2.45) is 11.1 Å². The van der Waals surface area contributed by atoms with Gasteiger partial charge in [-0.25, -0.2) is 4.68 Å². The number of nitrogens with two attached hydrogens (primary N) is 1. The number of benzene rings is 1. The number of nitrogens with zero attached hydrogens (tertiary/aromatic N) is 5. The minimum Gasteiger partial charge on any atom is -0.373 e. The average Bonchev–Trinajstić information content (AvgIpc) is 3.59. The maximum absolute atomic E-state index is 13.1. The Labute approximate surface area is 223 Å². The first-order chi connectivity index (χ1) is 18.5. The summed E-state index contributed by atoms with van der Waals surface area (Å²) < 4.78 is 42.6. The number of aromatic nitrogens is 4. The number of hydrogen-bond acceptors (Lipinski definition) is 5. The fourth-order valence-electron chi connectivity index (χ4n) is 5.72. The number of halogens is 3. The molecule has 1 aromatic carbocycles. The normalized spacial score (nSPS) is 20.4. The Balaban J connectivity index is 1.38. The SMILES string of the molecule is CC#CC(=O)N1CC[C@]2(C1)C[C@H](n1nc(-c3cnn(Cc4cccc(C(F)(F)F)c4)c3)c(C(N)=O)c1NC)C2. The van der Waals surface area contributed by atoms with Crippen molar-refractivity contribution < 1.29 is 22.8 Å². The first-order valence-electron chi connectivity index (χ1n) is 12.5. The van der Waals surface area contributed by atoms with Crippen LogP contribution in [0.3, 0.4) is 0 Å². The van der Waals surface area contributed by atoms with Gasteiger partial charge in [0.25, 0.3) is 11.8 Å². The Morgan fingerprint density at radius 2 is 2.05 bits per heavy atom. The molecule has 1 saturated carbocycles. The van der Waals surface area contributed by atoms with Crippen molar-refractivity contribution in [3.05, 3.63) is 53.3 Å². The lowest BCUT2D eigenvalue weighted by molar-refractivity contribution is -0.137. The standard InChI is InChI=1S/C27H28F3N7O2/c1-3-5-21(38)35-9-8-26(16-35)11-20(12-26)37-25(32-2)22(24(31)39)23(34-37)18-13-33-36(15-18)14-17-6-4-7-19(10-17)27(28,29)30/h4,6-7,10,13,15,20,32H,8-9,11-12,14,16H2,1-2H3,(H2,31,39)/t20-,26-. The van der Waals surface area contributed by atoms with Crippen LogP contribution in [0.25, 0.3) is 11.3 Å². The van der Waals surface area contributed by atoms with Crippen LogP contribution in [0.5, 0.6) is 0 Å². The predicted octanol–water partition coefficient (Wildman–Crippen LogP) is 3.53. The quantitative estimate of drug-likeness (QED) is 0.466. The van der Waals surface area contributed by atoms with E-state index in [2.05, 4.69) is 22.3 Å². The van der Waals surface area contributed by atoms with E-state index < -0.39 is 17.6 Å². The molecule has 9 nitrogen and oxygen atoms in total. The van der Waals surface area contributed by atoms with Crippen molar-refractivity contribution in [3.8, 4) is 23.1 Å². The van der Waals surface area contributed by atoms with E-state index in [9.17, 15) is 22.8 Å². The number of hydrogen-bond donors (Lipinski definition) is 2. The lowest BCUT2D eigenvalue weighted by Gasteiger charge is -2.45. The Kier molecular flexibility index (Phi) is 6.62. The summed E-state index contributed by atoms with van der Waals surface area (Å²) in [6, 6.07) is 5.07. The Morgan fingerprint density at radius 3 is 2.72 bits per heavy atom. The maximum Gasteiger partial charge on any atom is 0.416 e. The van der Waals surface area contributed by atoms with E-state index in [0.29, 0.717) is 35.7 Å². The van der Waals surface area contributed by atoms with Gasteiger partial charge in [0.2, 0.25) is 0 Å². The van der Waals surface area contributed by atoms with E-state index in [1.165, 1.54) is 16.9 Å². The summed E-state index contributed by atoms with van der Waals surface area (Å²) in [5, 5.41) is 12.1. The summed E-state index contributed by atoms with van der Waals surface area (Å²) in [5.41, 5.74) is 6.56. The van der Waals surface area contributed by atoms with Crippen molar-refractivity contribution in [2.45, 2.75) is 44.9 Å². The van der Waals surface area contributed by atoms with Crippen molar-refractivity contribution in [1.29, 1.82) is 0 Å². The van der Waals surface area contributed by atoms with Crippen molar-refractivity contribution in [1.82, 2.24) is 24.5 Å². The highest BCUT2D eigenvalue weighted by Gasteiger charge is 2.51. The van der Waals surface area contributed by atoms with Crippen LogP contribution >= 0.6 is 0 Å². The van der Waals surface area contributed by atoms with Gasteiger partial charge in [0.05, 0.1) is 24.3 Å². The van der Waals surface area contributed by atoms with Gasteiger partial charge in [-0.05, 0) is 55.2 Å². The molecule has 3 aromatic rings. The molecule has 2 aliphatic rings. The second-order valence-electron chi connectivity index (χ2n) is 10.2. The molecule has 0 unspecified atom stereocenters. The Hall–Kier alpha value is -4.27. The number of primary amides is 1. The van der Waals surface area contributed by atoms with E-state index in [0.717, 1.165) is 31.4 Å². The molecular weight excluding hydrogens is 511 g/mol. The zero-order valence-electron chi connectivity index (χ0n) is 21.5. The monoisotopic (exact) mass is 539 g/mol. The number of alkyl halides is 3. The molecule has 1 aliphatic carbocycles. The molecule has 12 heteroatoms. The summed E-state index contributed by atoms with van der Waals surface area (Å²) in [5.74, 6) is 4.94. The molecule has 0 radical (unpaired) electrons. The zero-order valence-corrected chi connectivity index (χ0v) is 21.5. The number of amides is 2. The molecule has 1 aliphatic heterocycles. The van der Waals surface area contributed by atoms with Crippen LogP contribution in [0.4, 0.5) is 19.0 Å². The average molecular weight is 540 g/mol. The molecule has 0 atom stereocenters. The van der Waals surface area contributed by atoms with Gasteiger partial charge in [-0.2, -0.15) is 23.4 Å². The molecule has 2 aromatic heterocycles. The highest BCUT2D eigenvalue weighted by atomic mass is 19.4. The van der Waals surface area contributed by atoms with Crippen LogP contribution in [0.1, 0.15) is 53.7 Å². The molecule has 204 valence electrons. The van der Waals surface area contributed by atoms with Crippen molar-refractivity contribution in [2.75, 3.05) is 25.5 Å². The van der Waals surface area contributed by atoms with E-state index in [4.69, 9.17) is 10.8 Å². The lowest BCUT2D eigenvalue weighted by Crippen LogP contribution is -2.42. The fourth-order valence-corrected chi connectivity index (χ4v) is 5.72. The lowest BCUT2D eigenvalue weighted by atomic mass is 9.65. The summed E-state index contributed by atoms with van der Waals surface area (Å²) in [4.78, 5) is 26.5. The predicted molar refractivity (Wildman–Crippen MR) is 137 cm³/mol. The van der Waals surface area contributed by atoms with Gasteiger partial charge in [-0.15, -0.1) is 0 Å². The van der Waals surface area contributed by atoms with E-state index in [1.807, 2.05) is 0 Å². The molecule has 5 rings (SSSR count). The molecule has 3 heterocycles. The number of rotatable bonds is 6. The van der Waals surface area contributed by atoms with Crippen molar-refractivity contribution in [3.63, 3.8) is 0 Å². The van der Waals surface area contributed by atoms with E-state index >= 15 is 0 Å². The third-order valence-electron chi connectivity index (χ3n) is 7.54. The van der Waals surface area contributed by atoms with E-state index in [1.54, 1.807) is 35.8 Å². The van der Waals surface area contributed by atoms with Crippen LogP contribution in [0, 0.1) is 17.3 Å². The van der Waals surface area contributed by atoms with Crippen LogP contribution in [0.15, 0.2) is 36.7 Å². The molecule has 2 amide bonds. The van der Waals surface area contributed by atoms with Gasteiger partial charge in [0.15, 0.2) is 0 Å². The fraction of sp³-hybridized carbons (Fsp3) is 0.407. The number of nitrogens with one attached hydrogen (secondary N) is 1. The van der Waals surface area contributed by atoms with Crippen LogP contribution < -0.4 is 11.1 Å². The van der Waals surface area contributed by atoms with Crippen LogP contribution in [-0.2, 0) is 17.5 Å². The van der Waals surface area contributed by atoms with Gasteiger partial charge in [0, 0.05) is 31.9 Å². The summed E-state index contributed by atoms with van der Waals surface area (Å²) in [6.07, 6.45) is 1.18. The molecule has 1 spiro atoms. The molecule has 39 heavy (non-hydrogen) atoms. The topological polar surface area (TPSA) is 111 Å². The maximum atomic E-state index is 13.1. The second-order valence-corrected chi connectivity index (χ2v) is 10.2. The third-order valence-corrected chi connectivity index (χ3v) is 7.54. The highest BCUT2D eigenvalue weighted by Crippen LogP contribution is 2.55. The van der Waals surface area contributed by atoms with Gasteiger partial charge >= 0.3 is 6.18 Å². The van der Waals surface area contributed by atoms with Gasteiger partial charge in [0.1, 0.15) is 17.1 Å². The summed E-state index contributed by atoms with van der Waals surface area (Å²) >= 11 is 0. The third kappa shape index (κ3) is 4.96. The van der Waals surface area contributed by atoms with E-state index in [-0.39, 0.29) is 29.5 Å². The number of anilines is 1. The minimum absolute atomic E-state index is 0.00437. The number of carbonyl (C=O) groups is 2. The Bertz CT molecular complexity index is 1490. The van der Waals surface area contributed by atoms with Gasteiger partial charge < -0.3 is 16.0 Å². The molecule has 2 fully saturated rings. The summed E-state index contributed by atoms with van der Waals surface area (Å²) in [6.45, 7) is 3.06. The zero-order chi connectivity index (χ0) is 27.9. The highest BCUT2D eigenvalue weighted by molar-refractivity contribution is 6.03. The van der Waals surface area contributed by atoms with Gasteiger partial charge in [-0.3, -0.25) is 14.3 Å². The molecule has 3 N–H and O–H groups in total. The minimum atomic E-state index is -4.44. The largest absolute Gasteiger partial charge is 0.416 e. The molecular formula is C27H28F3N7O2. The smallest absolute Gasteiger partial charge is 0.373 e. The van der Waals surface area contributed by atoms with Crippen molar-refractivity contribution >= 4 is 17.6 Å². The summed E-state index contributed by atoms with van der Waals surface area (Å²) in [7, 11) is 1.69. The first kappa shape index (κ1) is 26.3. The molecule has 1 saturated heterocycles. The van der Waals surface area contributed by atoms with Gasteiger partial charge in [-0.1, -0.05) is 18.1 Å². The van der Waals surface area contributed by atoms with Crippen LogP contribution in [-0.4, -0.2) is 56.4 Å². The first-order valence-corrected chi connectivity index (χ1v) is 12.5. The second kappa shape index (κ2) is 9.80. The Morgan fingerprint density at radius 1 is 1.28 bits per heavy atom. The van der Waals surface area contributed by atoms with Crippen LogP contribution in [0.2, 0.25) is 0 Å². The molecule has 0 bridgehead atoms. The number of likely N-dealkylation sites (tertiary alicyclic amines) is 1.